The molecule has 9 heteroatoms. The molecule has 1 atom stereocenters. The highest BCUT2D eigenvalue weighted by Crippen LogP contribution is 2.21. The van der Waals surface area contributed by atoms with E-state index in [1.165, 1.54) is 11.0 Å². The maximum Gasteiger partial charge on any atom is 0.349 e. The molecule has 2 rings (SSSR count). The number of rotatable bonds is 9. The van der Waals surface area contributed by atoms with Gasteiger partial charge in [0.25, 0.3) is 5.91 Å². The number of hydrogen-bond donors (Lipinski definition) is 0. The first-order valence-corrected chi connectivity index (χ1v) is 13.1. The monoisotopic (exact) mass is 477 g/mol. The Hall–Kier alpha value is -2.60. The SMILES string of the molecule is Cc1cc(/C=C(\C#N)C(=O)OCC(=O)N(CC(C)C)C2CCS(=O)(=O)C2)c(C)n1CC(C)C. The highest BCUT2D eigenvalue weighted by molar-refractivity contribution is 7.91. The van der Waals surface area contributed by atoms with Gasteiger partial charge in [0.05, 0.1) is 11.5 Å². The number of aryl methyl sites for hydroxylation is 1. The molecule has 1 aromatic rings. The first kappa shape index (κ1) is 26.7. The second kappa shape index (κ2) is 11.0. The number of ether oxygens (including phenoxy) is 1. The molecule has 1 unspecified atom stereocenters. The predicted molar refractivity (Wildman–Crippen MR) is 127 cm³/mol. The van der Waals surface area contributed by atoms with Crippen molar-refractivity contribution in [3.05, 3.63) is 28.6 Å². The molecule has 2 heterocycles. The van der Waals surface area contributed by atoms with Crippen LogP contribution in [0.4, 0.5) is 0 Å². The van der Waals surface area contributed by atoms with Crippen LogP contribution in [0.5, 0.6) is 0 Å². The first-order valence-electron chi connectivity index (χ1n) is 11.3. The minimum atomic E-state index is -3.16. The van der Waals surface area contributed by atoms with E-state index in [1.807, 2.05) is 39.8 Å². The van der Waals surface area contributed by atoms with Gasteiger partial charge in [0.2, 0.25) is 0 Å². The molecule has 1 aromatic heterocycles. The molecule has 33 heavy (non-hydrogen) atoms. The van der Waals surface area contributed by atoms with E-state index in [4.69, 9.17) is 4.74 Å². The quantitative estimate of drug-likeness (QED) is 0.307. The van der Waals surface area contributed by atoms with Crippen molar-refractivity contribution in [2.75, 3.05) is 24.7 Å². The maximum absolute atomic E-state index is 12.8. The van der Waals surface area contributed by atoms with Gasteiger partial charge in [-0.2, -0.15) is 5.26 Å². The zero-order chi connectivity index (χ0) is 24.9. The summed E-state index contributed by atoms with van der Waals surface area (Å²) in [4.78, 5) is 26.8. The predicted octanol–water partition coefficient (Wildman–Crippen LogP) is 2.88. The lowest BCUT2D eigenvalue weighted by Gasteiger charge is -2.29. The van der Waals surface area contributed by atoms with Gasteiger partial charge in [-0.05, 0) is 49.8 Å². The molecule has 0 aliphatic carbocycles. The Morgan fingerprint density at radius 3 is 2.45 bits per heavy atom. The summed E-state index contributed by atoms with van der Waals surface area (Å²) < 4.78 is 31.0. The topological polar surface area (TPSA) is 109 Å². The summed E-state index contributed by atoms with van der Waals surface area (Å²) in [5.41, 5.74) is 2.55. The van der Waals surface area contributed by atoms with Crippen LogP contribution in [-0.2, 0) is 30.7 Å². The minimum Gasteiger partial charge on any atom is -0.451 e. The third kappa shape index (κ3) is 7.19. The van der Waals surface area contributed by atoms with Gasteiger partial charge in [-0.25, -0.2) is 13.2 Å². The van der Waals surface area contributed by atoms with Crippen LogP contribution in [0.2, 0.25) is 0 Å². The Balaban J connectivity index is 2.12. The van der Waals surface area contributed by atoms with Gasteiger partial charge in [-0.1, -0.05) is 27.7 Å². The molecule has 0 N–H and O–H groups in total. The molecule has 0 spiro atoms. The number of hydrogen-bond acceptors (Lipinski definition) is 6. The molecule has 182 valence electrons. The number of sulfone groups is 1. The van der Waals surface area contributed by atoms with Crippen molar-refractivity contribution >= 4 is 27.8 Å². The largest absolute Gasteiger partial charge is 0.451 e. The van der Waals surface area contributed by atoms with Gasteiger partial charge < -0.3 is 14.2 Å². The van der Waals surface area contributed by atoms with Gasteiger partial charge in [0, 0.05) is 30.5 Å². The Morgan fingerprint density at radius 1 is 1.27 bits per heavy atom. The van der Waals surface area contributed by atoms with Gasteiger partial charge in [0.15, 0.2) is 16.4 Å². The van der Waals surface area contributed by atoms with Crippen molar-refractivity contribution in [3.63, 3.8) is 0 Å². The maximum atomic E-state index is 12.8. The number of carbonyl (C=O) groups excluding carboxylic acids is 2. The Bertz CT molecular complexity index is 1060. The molecular weight excluding hydrogens is 442 g/mol. The van der Waals surface area contributed by atoms with Gasteiger partial charge in [-0.15, -0.1) is 0 Å². The fraction of sp³-hybridized carbons (Fsp3) is 0.625. The number of amides is 1. The van der Waals surface area contributed by atoms with E-state index in [0.717, 1.165) is 23.5 Å². The average Bonchev–Trinajstić information content (AvgIpc) is 3.20. The molecule has 1 aliphatic heterocycles. The molecule has 0 bridgehead atoms. The van der Waals surface area contributed by atoms with Crippen LogP contribution < -0.4 is 0 Å². The Labute approximate surface area is 197 Å². The molecule has 0 saturated carbocycles. The van der Waals surface area contributed by atoms with Crippen LogP contribution in [0.25, 0.3) is 6.08 Å². The summed E-state index contributed by atoms with van der Waals surface area (Å²) in [6, 6.07) is 3.37. The summed E-state index contributed by atoms with van der Waals surface area (Å²) >= 11 is 0. The summed E-state index contributed by atoms with van der Waals surface area (Å²) in [5.74, 6) is -0.773. The highest BCUT2D eigenvalue weighted by atomic mass is 32.2. The van der Waals surface area contributed by atoms with Crippen molar-refractivity contribution < 1.29 is 22.7 Å². The fourth-order valence-electron chi connectivity index (χ4n) is 4.07. The number of esters is 1. The van der Waals surface area contributed by atoms with E-state index in [0.29, 0.717) is 18.9 Å². The number of aromatic nitrogens is 1. The van der Waals surface area contributed by atoms with Crippen molar-refractivity contribution in [1.82, 2.24) is 9.47 Å². The first-order chi connectivity index (χ1) is 15.3. The second-order valence-corrected chi connectivity index (χ2v) is 11.8. The van der Waals surface area contributed by atoms with Crippen LogP contribution in [-0.4, -0.2) is 60.5 Å². The van der Waals surface area contributed by atoms with Crippen molar-refractivity contribution in [1.29, 1.82) is 5.26 Å². The van der Waals surface area contributed by atoms with Crippen molar-refractivity contribution in [2.24, 2.45) is 11.8 Å². The van der Waals surface area contributed by atoms with Crippen LogP contribution in [0, 0.1) is 37.0 Å². The van der Waals surface area contributed by atoms with E-state index in [1.54, 1.807) is 0 Å². The van der Waals surface area contributed by atoms with Crippen molar-refractivity contribution in [2.45, 2.75) is 60.5 Å². The lowest BCUT2D eigenvalue weighted by molar-refractivity contribution is -0.149. The minimum absolute atomic E-state index is 0.0515. The number of nitriles is 1. The molecule has 8 nitrogen and oxygen atoms in total. The highest BCUT2D eigenvalue weighted by Gasteiger charge is 2.35. The molecule has 1 amide bonds. The second-order valence-electron chi connectivity index (χ2n) is 9.57. The van der Waals surface area contributed by atoms with Crippen LogP contribution in [0.1, 0.15) is 51.1 Å². The molecule has 1 fully saturated rings. The molecule has 1 aliphatic rings. The Kier molecular flexibility index (Phi) is 8.89. The third-order valence-corrected chi connectivity index (χ3v) is 7.41. The van der Waals surface area contributed by atoms with E-state index in [2.05, 4.69) is 18.4 Å². The van der Waals surface area contributed by atoms with E-state index >= 15 is 0 Å². The van der Waals surface area contributed by atoms with Crippen molar-refractivity contribution in [3.8, 4) is 6.07 Å². The molecule has 0 aromatic carbocycles. The normalized spacial score (nSPS) is 17.9. The van der Waals surface area contributed by atoms with Crippen LogP contribution in [0.3, 0.4) is 0 Å². The summed E-state index contributed by atoms with van der Waals surface area (Å²) in [6.07, 6.45) is 1.87. The number of carbonyl (C=O) groups is 2. The Morgan fingerprint density at radius 2 is 1.94 bits per heavy atom. The summed E-state index contributed by atoms with van der Waals surface area (Å²) in [7, 11) is -3.16. The van der Waals surface area contributed by atoms with Gasteiger partial charge in [0.1, 0.15) is 11.6 Å². The lowest BCUT2D eigenvalue weighted by Crippen LogP contribution is -2.45. The van der Waals surface area contributed by atoms with E-state index in [9.17, 15) is 23.3 Å². The average molecular weight is 478 g/mol. The molecular formula is C24H35N3O5S. The zero-order valence-corrected chi connectivity index (χ0v) is 21.2. The van der Waals surface area contributed by atoms with Crippen LogP contribution in [0.15, 0.2) is 11.6 Å². The summed E-state index contributed by atoms with van der Waals surface area (Å²) in [6.45, 7) is 12.7. The molecule has 1 saturated heterocycles. The van der Waals surface area contributed by atoms with Gasteiger partial charge in [-0.3, -0.25) is 4.79 Å². The fourth-order valence-corrected chi connectivity index (χ4v) is 5.80. The summed E-state index contributed by atoms with van der Waals surface area (Å²) in [5, 5.41) is 9.51. The third-order valence-electron chi connectivity index (χ3n) is 5.66. The lowest BCUT2D eigenvalue weighted by atomic mass is 10.1. The molecule has 0 radical (unpaired) electrons. The van der Waals surface area contributed by atoms with E-state index in [-0.39, 0.29) is 23.0 Å². The van der Waals surface area contributed by atoms with Gasteiger partial charge >= 0.3 is 5.97 Å². The van der Waals surface area contributed by atoms with Crippen LogP contribution >= 0.6 is 0 Å². The zero-order valence-electron chi connectivity index (χ0n) is 20.4. The van der Waals surface area contributed by atoms with E-state index < -0.39 is 34.4 Å². The standard InChI is InChI=1S/C24H35N3O5S/c1-16(2)12-26-18(5)9-20(19(26)6)10-21(11-25)24(29)32-14-23(28)27(13-17(3)4)22-7-8-33(30,31)15-22/h9-10,16-17,22H,7-8,12-15H2,1-6H3/b21-10+. The smallest absolute Gasteiger partial charge is 0.349 e. The number of nitrogens with zero attached hydrogens (tertiary/aromatic N) is 3.